The van der Waals surface area contributed by atoms with E-state index in [9.17, 15) is 4.79 Å². The molecule has 1 unspecified atom stereocenters. The number of carbonyl (C=O) groups excluding carboxylic acids is 1. The van der Waals surface area contributed by atoms with Crippen molar-refractivity contribution in [3.8, 4) is 0 Å². The van der Waals surface area contributed by atoms with E-state index in [1.807, 2.05) is 6.92 Å². The van der Waals surface area contributed by atoms with Gasteiger partial charge in [-0.1, -0.05) is 12.2 Å². The normalized spacial score (nSPS) is 22.5. The Hall–Kier alpha value is -1.65. The van der Waals surface area contributed by atoms with Gasteiger partial charge in [0.05, 0.1) is 0 Å². The second kappa shape index (κ2) is 5.15. The van der Waals surface area contributed by atoms with Crippen molar-refractivity contribution in [3.05, 3.63) is 18.0 Å². The number of amides is 1. The third kappa shape index (κ3) is 2.85. The molecular weight excluding hydrogens is 240 g/mol. The number of allylic oxidation sites excluding steroid dienone is 2. The molecule has 0 aromatic carbocycles. The van der Waals surface area contributed by atoms with Crippen LogP contribution in [0, 0.1) is 12.8 Å². The predicted octanol–water partition coefficient (Wildman–Crippen LogP) is 2.61. The molecule has 1 saturated carbocycles. The van der Waals surface area contributed by atoms with E-state index in [0.717, 1.165) is 31.5 Å². The molecular formula is C14H20N4O. The van der Waals surface area contributed by atoms with Crippen LogP contribution in [-0.2, 0) is 4.79 Å². The molecule has 2 aliphatic rings. The fourth-order valence-corrected chi connectivity index (χ4v) is 2.69. The molecule has 0 radical (unpaired) electrons. The van der Waals surface area contributed by atoms with E-state index in [-0.39, 0.29) is 5.91 Å². The SMILES string of the molecule is Cc1nnc(NC(=O)CC2C=CCCC2)n1C1CC1. The first-order chi connectivity index (χ1) is 9.24. The fraction of sp³-hybridized carbons (Fsp3) is 0.643. The Bertz CT molecular complexity index is 502. The third-order valence-electron chi connectivity index (χ3n) is 3.83. The number of hydrogen-bond donors (Lipinski definition) is 1. The average molecular weight is 260 g/mol. The molecule has 102 valence electrons. The molecule has 1 atom stereocenters. The van der Waals surface area contributed by atoms with Crippen molar-refractivity contribution in [3.63, 3.8) is 0 Å². The topological polar surface area (TPSA) is 59.8 Å². The van der Waals surface area contributed by atoms with Crippen molar-refractivity contribution in [1.82, 2.24) is 14.8 Å². The van der Waals surface area contributed by atoms with Gasteiger partial charge in [-0.05, 0) is 44.9 Å². The second-order valence-electron chi connectivity index (χ2n) is 5.54. The zero-order valence-electron chi connectivity index (χ0n) is 11.3. The summed E-state index contributed by atoms with van der Waals surface area (Å²) in [7, 11) is 0. The number of rotatable bonds is 4. The van der Waals surface area contributed by atoms with Crippen LogP contribution in [0.15, 0.2) is 12.2 Å². The predicted molar refractivity (Wildman–Crippen MR) is 72.8 cm³/mol. The molecule has 0 bridgehead atoms. The van der Waals surface area contributed by atoms with Crippen molar-refractivity contribution in [2.75, 3.05) is 5.32 Å². The summed E-state index contributed by atoms with van der Waals surface area (Å²) in [6.07, 6.45) is 10.7. The molecule has 1 aromatic rings. The van der Waals surface area contributed by atoms with E-state index in [0.29, 0.717) is 24.3 Å². The Labute approximate surface area is 113 Å². The molecule has 1 fully saturated rings. The maximum Gasteiger partial charge on any atom is 0.231 e. The summed E-state index contributed by atoms with van der Waals surface area (Å²) in [5.74, 6) is 1.93. The lowest BCUT2D eigenvalue weighted by molar-refractivity contribution is -0.116. The summed E-state index contributed by atoms with van der Waals surface area (Å²) < 4.78 is 2.05. The quantitative estimate of drug-likeness (QED) is 0.846. The minimum absolute atomic E-state index is 0.0471. The Morgan fingerprint density at radius 1 is 1.42 bits per heavy atom. The highest BCUT2D eigenvalue weighted by Gasteiger charge is 2.29. The van der Waals surface area contributed by atoms with Gasteiger partial charge in [-0.2, -0.15) is 0 Å². The summed E-state index contributed by atoms with van der Waals surface area (Å²) in [6, 6.07) is 0.486. The summed E-state index contributed by atoms with van der Waals surface area (Å²) in [5.41, 5.74) is 0. The van der Waals surface area contributed by atoms with Crippen LogP contribution in [-0.4, -0.2) is 20.7 Å². The molecule has 1 N–H and O–H groups in total. The van der Waals surface area contributed by atoms with E-state index in [2.05, 4.69) is 32.2 Å². The smallest absolute Gasteiger partial charge is 0.231 e. The van der Waals surface area contributed by atoms with Crippen LogP contribution >= 0.6 is 0 Å². The van der Waals surface area contributed by atoms with Crippen molar-refractivity contribution in [1.29, 1.82) is 0 Å². The molecule has 5 heteroatoms. The van der Waals surface area contributed by atoms with E-state index in [1.165, 1.54) is 6.42 Å². The number of nitrogens with zero attached hydrogens (tertiary/aromatic N) is 3. The van der Waals surface area contributed by atoms with Gasteiger partial charge in [-0.15, -0.1) is 10.2 Å². The number of nitrogens with one attached hydrogen (secondary N) is 1. The van der Waals surface area contributed by atoms with Crippen LogP contribution in [0.25, 0.3) is 0 Å². The molecule has 5 nitrogen and oxygen atoms in total. The molecule has 0 aliphatic heterocycles. The molecule has 0 spiro atoms. The van der Waals surface area contributed by atoms with Gasteiger partial charge in [0.1, 0.15) is 5.82 Å². The van der Waals surface area contributed by atoms with Crippen LogP contribution < -0.4 is 5.32 Å². The maximum absolute atomic E-state index is 12.1. The van der Waals surface area contributed by atoms with Crippen LogP contribution in [0.4, 0.5) is 5.95 Å². The Morgan fingerprint density at radius 3 is 2.95 bits per heavy atom. The molecule has 0 saturated heterocycles. The lowest BCUT2D eigenvalue weighted by Crippen LogP contribution is -2.19. The number of aryl methyl sites for hydroxylation is 1. The van der Waals surface area contributed by atoms with Gasteiger partial charge in [-0.25, -0.2) is 0 Å². The third-order valence-corrected chi connectivity index (χ3v) is 3.83. The Kier molecular flexibility index (Phi) is 3.36. The fourth-order valence-electron chi connectivity index (χ4n) is 2.69. The van der Waals surface area contributed by atoms with E-state index in [4.69, 9.17) is 0 Å². The van der Waals surface area contributed by atoms with E-state index >= 15 is 0 Å². The molecule has 2 aliphatic carbocycles. The highest BCUT2D eigenvalue weighted by atomic mass is 16.1. The summed E-state index contributed by atoms with van der Waals surface area (Å²) in [6.45, 7) is 1.94. The molecule has 1 amide bonds. The first kappa shape index (κ1) is 12.4. The minimum Gasteiger partial charge on any atom is -0.295 e. The van der Waals surface area contributed by atoms with Gasteiger partial charge in [0.25, 0.3) is 0 Å². The molecule has 19 heavy (non-hydrogen) atoms. The van der Waals surface area contributed by atoms with Crippen molar-refractivity contribution >= 4 is 11.9 Å². The van der Waals surface area contributed by atoms with Gasteiger partial charge < -0.3 is 0 Å². The number of carbonyl (C=O) groups is 1. The van der Waals surface area contributed by atoms with Gasteiger partial charge >= 0.3 is 0 Å². The lowest BCUT2D eigenvalue weighted by Gasteiger charge is -2.15. The van der Waals surface area contributed by atoms with Crippen LogP contribution in [0.3, 0.4) is 0 Å². The lowest BCUT2D eigenvalue weighted by atomic mass is 9.93. The zero-order valence-corrected chi connectivity index (χ0v) is 11.3. The van der Waals surface area contributed by atoms with Gasteiger partial charge in [0.2, 0.25) is 11.9 Å². The van der Waals surface area contributed by atoms with Crippen LogP contribution in [0.1, 0.15) is 50.4 Å². The van der Waals surface area contributed by atoms with Gasteiger partial charge in [0.15, 0.2) is 0 Å². The summed E-state index contributed by atoms with van der Waals surface area (Å²) >= 11 is 0. The highest BCUT2D eigenvalue weighted by molar-refractivity contribution is 5.89. The van der Waals surface area contributed by atoms with Gasteiger partial charge in [-0.3, -0.25) is 14.7 Å². The first-order valence-corrected chi connectivity index (χ1v) is 7.12. The van der Waals surface area contributed by atoms with Crippen LogP contribution in [0.5, 0.6) is 0 Å². The monoisotopic (exact) mass is 260 g/mol. The minimum atomic E-state index is 0.0471. The van der Waals surface area contributed by atoms with Crippen molar-refractivity contribution in [2.24, 2.45) is 5.92 Å². The van der Waals surface area contributed by atoms with E-state index in [1.54, 1.807) is 0 Å². The summed E-state index contributed by atoms with van der Waals surface area (Å²) in [5, 5.41) is 11.1. The molecule has 1 aromatic heterocycles. The molecule has 3 rings (SSSR count). The first-order valence-electron chi connectivity index (χ1n) is 7.12. The maximum atomic E-state index is 12.1. The van der Waals surface area contributed by atoms with Crippen molar-refractivity contribution in [2.45, 2.75) is 51.5 Å². The average Bonchev–Trinajstić information content (AvgIpc) is 3.16. The number of hydrogen-bond acceptors (Lipinski definition) is 3. The summed E-state index contributed by atoms with van der Waals surface area (Å²) in [4.78, 5) is 12.1. The zero-order chi connectivity index (χ0) is 13.2. The Morgan fingerprint density at radius 2 is 2.26 bits per heavy atom. The standard InChI is InChI=1S/C14H20N4O/c1-10-16-17-14(18(10)12-7-8-12)15-13(19)9-11-5-3-2-4-6-11/h3,5,11-12H,2,4,6-9H2,1H3,(H,15,17,19). The second-order valence-corrected chi connectivity index (χ2v) is 5.54. The van der Waals surface area contributed by atoms with Crippen LogP contribution in [0.2, 0.25) is 0 Å². The highest BCUT2D eigenvalue weighted by Crippen LogP contribution is 2.37. The number of aromatic nitrogens is 3. The van der Waals surface area contributed by atoms with Crippen molar-refractivity contribution < 1.29 is 4.79 Å². The van der Waals surface area contributed by atoms with Gasteiger partial charge in [0, 0.05) is 12.5 Å². The molecule has 1 heterocycles. The van der Waals surface area contributed by atoms with E-state index < -0.39 is 0 Å². The Balaban J connectivity index is 1.62. The number of anilines is 1. The largest absolute Gasteiger partial charge is 0.295 e.